The van der Waals surface area contributed by atoms with Crippen molar-refractivity contribution in [2.75, 3.05) is 14.2 Å². The summed E-state index contributed by atoms with van der Waals surface area (Å²) in [4.78, 5) is 0. The molecule has 0 aliphatic heterocycles. The van der Waals surface area contributed by atoms with Crippen LogP contribution in [0.25, 0.3) is 0 Å². The zero-order valence-electron chi connectivity index (χ0n) is 11.7. The molecule has 1 aromatic carbocycles. The average Bonchev–Trinajstić information content (AvgIpc) is 2.47. The first-order valence-corrected chi connectivity index (χ1v) is 6.65. The number of nitrogens with one attached hydrogen (secondary N) is 1. The zero-order chi connectivity index (χ0) is 12.8. The Labute approximate surface area is 122 Å². The molecule has 1 aromatic rings. The van der Waals surface area contributed by atoms with Gasteiger partial charge in [-0.15, -0.1) is 12.4 Å². The fourth-order valence-corrected chi connectivity index (χ4v) is 2.61. The third kappa shape index (κ3) is 4.46. The maximum absolute atomic E-state index is 5.49. The zero-order valence-corrected chi connectivity index (χ0v) is 12.5. The highest BCUT2D eigenvalue weighted by Gasteiger charge is 2.34. The predicted octanol–water partition coefficient (Wildman–Crippen LogP) is 3.13. The van der Waals surface area contributed by atoms with Gasteiger partial charge in [-0.25, -0.2) is 0 Å². The Morgan fingerprint density at radius 2 is 1.68 bits per heavy atom. The monoisotopic (exact) mass is 285 g/mol. The van der Waals surface area contributed by atoms with Crippen LogP contribution in [0.2, 0.25) is 0 Å². The molecule has 1 fully saturated rings. The van der Waals surface area contributed by atoms with Gasteiger partial charge in [-0.05, 0) is 18.4 Å². The molecule has 0 heterocycles. The van der Waals surface area contributed by atoms with Gasteiger partial charge in [0.1, 0.15) is 0 Å². The predicted molar refractivity (Wildman–Crippen MR) is 79.5 cm³/mol. The van der Waals surface area contributed by atoms with E-state index in [-0.39, 0.29) is 18.2 Å². The molecule has 0 unspecified atom stereocenters. The lowest BCUT2D eigenvalue weighted by molar-refractivity contribution is -0.225. The molecule has 3 nitrogen and oxygen atoms in total. The van der Waals surface area contributed by atoms with Crippen LogP contribution in [0.3, 0.4) is 0 Å². The summed E-state index contributed by atoms with van der Waals surface area (Å²) in [6.07, 6.45) is 4.14. The minimum Gasteiger partial charge on any atom is -0.353 e. The van der Waals surface area contributed by atoms with E-state index in [0.717, 1.165) is 32.2 Å². The van der Waals surface area contributed by atoms with Crippen LogP contribution in [0.4, 0.5) is 0 Å². The van der Waals surface area contributed by atoms with Crippen molar-refractivity contribution in [1.29, 1.82) is 0 Å². The highest BCUT2D eigenvalue weighted by molar-refractivity contribution is 5.85. The molecular formula is C15H24ClNO2. The van der Waals surface area contributed by atoms with Gasteiger partial charge in [0.25, 0.3) is 0 Å². The maximum Gasteiger partial charge on any atom is 0.167 e. The van der Waals surface area contributed by atoms with E-state index in [0.29, 0.717) is 6.04 Å². The van der Waals surface area contributed by atoms with Crippen molar-refractivity contribution in [2.45, 2.75) is 44.1 Å². The van der Waals surface area contributed by atoms with Crippen molar-refractivity contribution in [3.05, 3.63) is 35.9 Å². The van der Waals surface area contributed by atoms with E-state index in [9.17, 15) is 0 Å². The van der Waals surface area contributed by atoms with Gasteiger partial charge in [-0.2, -0.15) is 0 Å². The van der Waals surface area contributed by atoms with E-state index in [1.54, 1.807) is 14.2 Å². The first-order chi connectivity index (χ1) is 8.78. The second-order valence-electron chi connectivity index (χ2n) is 4.96. The second-order valence-corrected chi connectivity index (χ2v) is 4.96. The molecule has 108 valence electrons. The van der Waals surface area contributed by atoms with E-state index in [4.69, 9.17) is 9.47 Å². The molecule has 0 saturated heterocycles. The summed E-state index contributed by atoms with van der Waals surface area (Å²) in [5.41, 5.74) is 1.34. The number of ether oxygens (including phenoxy) is 2. The summed E-state index contributed by atoms with van der Waals surface area (Å²) in [5.74, 6) is -0.342. The van der Waals surface area contributed by atoms with E-state index < -0.39 is 0 Å². The largest absolute Gasteiger partial charge is 0.353 e. The summed E-state index contributed by atoms with van der Waals surface area (Å²) in [6, 6.07) is 11.1. The fourth-order valence-electron chi connectivity index (χ4n) is 2.61. The Morgan fingerprint density at radius 3 is 2.21 bits per heavy atom. The van der Waals surface area contributed by atoms with Crippen LogP contribution in [0.15, 0.2) is 30.3 Å². The van der Waals surface area contributed by atoms with Crippen molar-refractivity contribution in [3.8, 4) is 0 Å². The summed E-state index contributed by atoms with van der Waals surface area (Å²) < 4.78 is 11.0. The van der Waals surface area contributed by atoms with Crippen LogP contribution in [0.1, 0.15) is 31.2 Å². The lowest BCUT2D eigenvalue weighted by atomic mass is 9.90. The minimum atomic E-state index is -0.342. The number of hydrogen-bond acceptors (Lipinski definition) is 3. The highest BCUT2D eigenvalue weighted by atomic mass is 35.5. The van der Waals surface area contributed by atoms with Gasteiger partial charge in [-0.1, -0.05) is 30.3 Å². The Kier molecular flexibility index (Phi) is 6.80. The van der Waals surface area contributed by atoms with Crippen molar-refractivity contribution in [1.82, 2.24) is 5.32 Å². The molecule has 0 radical (unpaired) electrons. The van der Waals surface area contributed by atoms with E-state index in [1.165, 1.54) is 5.56 Å². The molecule has 19 heavy (non-hydrogen) atoms. The summed E-state index contributed by atoms with van der Waals surface area (Å²) in [6.45, 7) is 0.943. The first kappa shape index (κ1) is 16.4. The lowest BCUT2D eigenvalue weighted by Gasteiger charge is -2.38. The van der Waals surface area contributed by atoms with E-state index in [1.807, 2.05) is 0 Å². The Morgan fingerprint density at radius 1 is 1.11 bits per heavy atom. The molecule has 0 amide bonds. The molecule has 1 aliphatic rings. The molecule has 1 N–H and O–H groups in total. The molecule has 2 rings (SSSR count). The van der Waals surface area contributed by atoms with Gasteiger partial charge in [0, 0.05) is 39.6 Å². The van der Waals surface area contributed by atoms with Gasteiger partial charge in [0.05, 0.1) is 0 Å². The smallest absolute Gasteiger partial charge is 0.167 e. The third-order valence-electron chi connectivity index (χ3n) is 3.93. The van der Waals surface area contributed by atoms with E-state index in [2.05, 4.69) is 35.6 Å². The third-order valence-corrected chi connectivity index (χ3v) is 3.93. The average molecular weight is 286 g/mol. The molecule has 0 bridgehead atoms. The maximum atomic E-state index is 5.49. The van der Waals surface area contributed by atoms with Crippen molar-refractivity contribution in [3.63, 3.8) is 0 Å². The molecule has 0 aromatic heterocycles. The van der Waals surface area contributed by atoms with Crippen LogP contribution in [0, 0.1) is 0 Å². The Balaban J connectivity index is 0.00000180. The topological polar surface area (TPSA) is 30.5 Å². The standard InChI is InChI=1S/C15H23NO2.ClH/c1-17-15(18-2)10-8-14(9-11-15)16-12-13-6-4-3-5-7-13;/h3-7,14,16H,8-12H2,1-2H3;1H. The first-order valence-electron chi connectivity index (χ1n) is 6.65. The quantitative estimate of drug-likeness (QED) is 0.843. The van der Waals surface area contributed by atoms with Gasteiger partial charge in [0.2, 0.25) is 0 Å². The van der Waals surface area contributed by atoms with Crippen LogP contribution in [0.5, 0.6) is 0 Å². The SMILES string of the molecule is COC1(OC)CCC(NCc2ccccc2)CC1.Cl. The number of halogens is 1. The van der Waals surface area contributed by atoms with Crippen molar-refractivity contribution < 1.29 is 9.47 Å². The van der Waals surface area contributed by atoms with Gasteiger partial charge in [-0.3, -0.25) is 0 Å². The van der Waals surface area contributed by atoms with Crippen LogP contribution >= 0.6 is 12.4 Å². The lowest BCUT2D eigenvalue weighted by Crippen LogP contribution is -2.43. The Bertz CT molecular complexity index is 344. The molecular weight excluding hydrogens is 262 g/mol. The molecule has 0 atom stereocenters. The van der Waals surface area contributed by atoms with Gasteiger partial charge >= 0.3 is 0 Å². The number of hydrogen-bond donors (Lipinski definition) is 1. The Hall–Kier alpha value is -0.610. The van der Waals surface area contributed by atoms with E-state index >= 15 is 0 Å². The summed E-state index contributed by atoms with van der Waals surface area (Å²) >= 11 is 0. The van der Waals surface area contributed by atoms with Crippen LogP contribution in [-0.2, 0) is 16.0 Å². The highest BCUT2D eigenvalue weighted by Crippen LogP contribution is 2.31. The molecule has 4 heteroatoms. The fraction of sp³-hybridized carbons (Fsp3) is 0.600. The van der Waals surface area contributed by atoms with Crippen molar-refractivity contribution in [2.24, 2.45) is 0 Å². The normalized spacial score (nSPS) is 18.8. The molecule has 1 saturated carbocycles. The van der Waals surface area contributed by atoms with Crippen LogP contribution < -0.4 is 5.32 Å². The summed E-state index contributed by atoms with van der Waals surface area (Å²) in [5, 5.41) is 3.61. The van der Waals surface area contributed by atoms with Crippen molar-refractivity contribution >= 4 is 12.4 Å². The van der Waals surface area contributed by atoms with Gasteiger partial charge in [0.15, 0.2) is 5.79 Å². The number of benzene rings is 1. The number of methoxy groups -OCH3 is 2. The van der Waals surface area contributed by atoms with Gasteiger partial charge < -0.3 is 14.8 Å². The molecule has 1 aliphatic carbocycles. The van der Waals surface area contributed by atoms with Crippen LogP contribution in [-0.4, -0.2) is 26.0 Å². The molecule has 0 spiro atoms. The summed E-state index contributed by atoms with van der Waals surface area (Å²) in [7, 11) is 3.47. The minimum absolute atomic E-state index is 0. The number of rotatable bonds is 5. The second kappa shape index (κ2) is 7.85.